The number of hydrogen-bond donors (Lipinski definition) is 0. The molecule has 0 aliphatic heterocycles. The molecule has 2 aromatic rings. The highest BCUT2D eigenvalue weighted by Crippen LogP contribution is 2.26. The Morgan fingerprint density at radius 3 is 2.81 bits per heavy atom. The predicted molar refractivity (Wildman–Crippen MR) is 86.3 cm³/mol. The van der Waals surface area contributed by atoms with Crippen molar-refractivity contribution in [3.8, 4) is 0 Å². The Kier molecular flexibility index (Phi) is 6.30. The summed E-state index contributed by atoms with van der Waals surface area (Å²) in [6, 6.07) is 5.70. The first-order chi connectivity index (χ1) is 10.1. The van der Waals surface area contributed by atoms with Gasteiger partial charge in [-0.05, 0) is 31.5 Å². The van der Waals surface area contributed by atoms with Gasteiger partial charge in [0, 0.05) is 25.3 Å². The zero-order valence-electron chi connectivity index (χ0n) is 12.3. The summed E-state index contributed by atoms with van der Waals surface area (Å²) in [7, 11) is 1.67. The van der Waals surface area contributed by atoms with Gasteiger partial charge in [0.05, 0.1) is 29.6 Å². The van der Waals surface area contributed by atoms with Crippen LogP contribution in [0.15, 0.2) is 18.2 Å². The fourth-order valence-electron chi connectivity index (χ4n) is 2.22. The van der Waals surface area contributed by atoms with E-state index in [-0.39, 0.29) is 5.38 Å². The number of hydrogen-bond acceptors (Lipinski definition) is 3. The van der Waals surface area contributed by atoms with Gasteiger partial charge in [0.1, 0.15) is 5.82 Å². The molecular formula is C15H20Cl2N2O2. The normalized spacial score (nSPS) is 13.0. The first-order valence-corrected chi connectivity index (χ1v) is 7.81. The number of rotatable bonds is 8. The summed E-state index contributed by atoms with van der Waals surface area (Å²) in [5.74, 6) is 0.867. The lowest BCUT2D eigenvalue weighted by molar-refractivity contribution is 0.0680. The summed E-state index contributed by atoms with van der Waals surface area (Å²) in [5.41, 5.74) is 1.93. The quantitative estimate of drug-likeness (QED) is 0.541. The number of aromatic nitrogens is 2. The second-order valence-electron chi connectivity index (χ2n) is 4.83. The maximum absolute atomic E-state index is 6.24. The molecule has 0 bridgehead atoms. The van der Waals surface area contributed by atoms with E-state index in [2.05, 4.69) is 9.55 Å². The molecule has 0 N–H and O–H groups in total. The van der Waals surface area contributed by atoms with Crippen LogP contribution in [0.1, 0.15) is 24.5 Å². The van der Waals surface area contributed by atoms with Crippen LogP contribution in [0, 0.1) is 0 Å². The molecule has 1 aromatic carbocycles. The molecule has 0 radical (unpaired) electrons. The summed E-state index contributed by atoms with van der Waals surface area (Å²) in [6.45, 7) is 4.64. The van der Waals surface area contributed by atoms with Gasteiger partial charge in [0.25, 0.3) is 0 Å². The highest BCUT2D eigenvalue weighted by atomic mass is 35.5. The number of benzene rings is 1. The smallest absolute Gasteiger partial charge is 0.127 e. The first-order valence-electron chi connectivity index (χ1n) is 7.00. The van der Waals surface area contributed by atoms with Crippen LogP contribution in [-0.4, -0.2) is 36.5 Å². The van der Waals surface area contributed by atoms with E-state index in [1.54, 1.807) is 7.11 Å². The molecule has 0 saturated carbocycles. The molecular weight excluding hydrogens is 311 g/mol. The molecule has 0 spiro atoms. The lowest BCUT2D eigenvalue weighted by Crippen LogP contribution is -2.09. The zero-order chi connectivity index (χ0) is 15.2. The Morgan fingerprint density at radius 2 is 2.10 bits per heavy atom. The minimum Gasteiger partial charge on any atom is -0.382 e. The van der Waals surface area contributed by atoms with Gasteiger partial charge in [-0.2, -0.15) is 0 Å². The predicted octanol–water partition coefficient (Wildman–Crippen LogP) is 4.04. The van der Waals surface area contributed by atoms with Crippen molar-refractivity contribution >= 4 is 34.2 Å². The van der Waals surface area contributed by atoms with Crippen LogP contribution >= 0.6 is 23.2 Å². The van der Waals surface area contributed by atoms with Gasteiger partial charge in [-0.15, -0.1) is 11.6 Å². The second-order valence-corrected chi connectivity index (χ2v) is 5.92. The van der Waals surface area contributed by atoms with Gasteiger partial charge in [0.2, 0.25) is 0 Å². The van der Waals surface area contributed by atoms with Crippen molar-refractivity contribution in [1.82, 2.24) is 9.55 Å². The molecule has 0 amide bonds. The fourth-order valence-corrected chi connectivity index (χ4v) is 2.56. The van der Waals surface area contributed by atoms with Crippen LogP contribution in [0.2, 0.25) is 5.02 Å². The van der Waals surface area contributed by atoms with E-state index < -0.39 is 0 Å². The largest absolute Gasteiger partial charge is 0.382 e. The third-order valence-corrected chi connectivity index (χ3v) is 3.63. The Bertz CT molecular complexity index is 584. The molecule has 0 aliphatic rings. The molecule has 21 heavy (non-hydrogen) atoms. The van der Waals surface area contributed by atoms with Gasteiger partial charge in [-0.25, -0.2) is 4.98 Å². The summed E-state index contributed by atoms with van der Waals surface area (Å²) >= 11 is 12.3. The van der Waals surface area contributed by atoms with Gasteiger partial charge < -0.3 is 14.0 Å². The number of methoxy groups -OCH3 is 1. The minimum absolute atomic E-state index is 0.148. The molecule has 1 unspecified atom stereocenters. The highest BCUT2D eigenvalue weighted by Gasteiger charge is 2.14. The van der Waals surface area contributed by atoms with Crippen LogP contribution in [0.25, 0.3) is 11.0 Å². The minimum atomic E-state index is -0.148. The van der Waals surface area contributed by atoms with E-state index in [0.717, 1.165) is 29.8 Å². The van der Waals surface area contributed by atoms with Gasteiger partial charge >= 0.3 is 0 Å². The lowest BCUT2D eigenvalue weighted by atomic mass is 10.3. The average molecular weight is 331 g/mol. The monoisotopic (exact) mass is 330 g/mol. The molecule has 0 fully saturated rings. The average Bonchev–Trinajstić information content (AvgIpc) is 2.81. The molecule has 1 heterocycles. The van der Waals surface area contributed by atoms with Crippen molar-refractivity contribution in [3.05, 3.63) is 29.0 Å². The summed E-state index contributed by atoms with van der Waals surface area (Å²) < 4.78 is 12.6. The molecule has 0 aliphatic carbocycles. The lowest BCUT2D eigenvalue weighted by Gasteiger charge is -2.11. The number of imidazole rings is 1. The summed E-state index contributed by atoms with van der Waals surface area (Å²) in [6.07, 6.45) is 0.887. The number of ether oxygens (including phenoxy) is 2. The Hall–Kier alpha value is -0.810. The second kappa shape index (κ2) is 7.99. The van der Waals surface area contributed by atoms with E-state index in [1.165, 1.54) is 0 Å². The topological polar surface area (TPSA) is 36.3 Å². The number of alkyl halides is 1. The maximum Gasteiger partial charge on any atom is 0.127 e. The van der Waals surface area contributed by atoms with Crippen LogP contribution in [0.4, 0.5) is 0 Å². The number of halogens is 2. The molecule has 0 saturated heterocycles. The van der Waals surface area contributed by atoms with E-state index >= 15 is 0 Å². The van der Waals surface area contributed by atoms with Gasteiger partial charge in [0.15, 0.2) is 0 Å². The Morgan fingerprint density at radius 1 is 1.29 bits per heavy atom. The zero-order valence-corrected chi connectivity index (χ0v) is 13.8. The van der Waals surface area contributed by atoms with Crippen LogP contribution in [0.3, 0.4) is 0 Å². The SMILES string of the molecule is COCCOCCCn1c(C(C)Cl)nc2ccc(Cl)cc21. The number of fused-ring (bicyclic) bond motifs is 1. The van der Waals surface area contributed by atoms with Crippen LogP contribution < -0.4 is 0 Å². The maximum atomic E-state index is 6.24. The first kappa shape index (κ1) is 16.6. The van der Waals surface area contributed by atoms with Crippen molar-refractivity contribution in [2.24, 2.45) is 0 Å². The standard InChI is InChI=1S/C15H20Cl2N2O2/c1-11(16)15-18-13-5-4-12(17)10-14(13)19(15)6-3-7-21-9-8-20-2/h4-5,10-11H,3,6-9H2,1-2H3. The van der Waals surface area contributed by atoms with Crippen molar-refractivity contribution in [3.63, 3.8) is 0 Å². The molecule has 2 rings (SSSR count). The van der Waals surface area contributed by atoms with Crippen molar-refractivity contribution in [2.75, 3.05) is 26.9 Å². The number of aryl methyl sites for hydroxylation is 1. The van der Waals surface area contributed by atoms with Gasteiger partial charge in [-0.1, -0.05) is 11.6 Å². The van der Waals surface area contributed by atoms with Crippen LogP contribution in [0.5, 0.6) is 0 Å². The van der Waals surface area contributed by atoms with E-state index in [9.17, 15) is 0 Å². The van der Waals surface area contributed by atoms with E-state index in [0.29, 0.717) is 24.8 Å². The van der Waals surface area contributed by atoms with Gasteiger partial charge in [-0.3, -0.25) is 0 Å². The summed E-state index contributed by atoms with van der Waals surface area (Å²) in [5, 5.41) is 0.555. The van der Waals surface area contributed by atoms with Crippen molar-refractivity contribution in [2.45, 2.75) is 25.3 Å². The third kappa shape index (κ3) is 4.33. The number of nitrogens with zero attached hydrogens (tertiary/aromatic N) is 2. The van der Waals surface area contributed by atoms with Crippen LogP contribution in [-0.2, 0) is 16.0 Å². The summed E-state index contributed by atoms with van der Waals surface area (Å²) in [4.78, 5) is 4.59. The molecule has 1 aromatic heterocycles. The Balaban J connectivity index is 2.09. The molecule has 116 valence electrons. The molecule has 4 nitrogen and oxygen atoms in total. The van der Waals surface area contributed by atoms with Crippen molar-refractivity contribution in [1.29, 1.82) is 0 Å². The fraction of sp³-hybridized carbons (Fsp3) is 0.533. The highest BCUT2D eigenvalue weighted by molar-refractivity contribution is 6.31. The molecule has 1 atom stereocenters. The Labute approximate surface area is 135 Å². The molecule has 6 heteroatoms. The van der Waals surface area contributed by atoms with E-state index in [1.807, 2.05) is 25.1 Å². The van der Waals surface area contributed by atoms with E-state index in [4.69, 9.17) is 32.7 Å². The van der Waals surface area contributed by atoms with Crippen molar-refractivity contribution < 1.29 is 9.47 Å². The third-order valence-electron chi connectivity index (χ3n) is 3.20.